The summed E-state index contributed by atoms with van der Waals surface area (Å²) >= 11 is 0. The molecular weight excluding hydrogens is 346 g/mol. The summed E-state index contributed by atoms with van der Waals surface area (Å²) in [5, 5.41) is 0. The van der Waals surface area contributed by atoms with Gasteiger partial charge < -0.3 is 9.30 Å². The molecule has 0 aliphatic carbocycles. The van der Waals surface area contributed by atoms with Crippen molar-refractivity contribution in [1.29, 1.82) is 0 Å². The van der Waals surface area contributed by atoms with Gasteiger partial charge in [0, 0.05) is 31.9 Å². The molecule has 1 unspecified atom stereocenters. The Bertz CT molecular complexity index is 1020. The van der Waals surface area contributed by atoms with E-state index in [0.717, 1.165) is 20.9 Å². The molecule has 0 amide bonds. The number of nitrogens with one attached hydrogen (secondary N) is 1. The zero-order valence-electron chi connectivity index (χ0n) is 14.7. The molecular formula is C16H21N3O5S. The second-order valence-electron chi connectivity index (χ2n) is 5.84. The van der Waals surface area contributed by atoms with Gasteiger partial charge in [-0.15, -0.1) is 0 Å². The van der Waals surface area contributed by atoms with Gasteiger partial charge in [0.05, 0.1) is 7.11 Å². The van der Waals surface area contributed by atoms with Gasteiger partial charge in [-0.3, -0.25) is 9.36 Å². The van der Waals surface area contributed by atoms with Crippen LogP contribution in [0.15, 0.2) is 38.9 Å². The Hall–Kier alpha value is -2.39. The highest BCUT2D eigenvalue weighted by molar-refractivity contribution is 7.89. The van der Waals surface area contributed by atoms with Gasteiger partial charge in [-0.1, -0.05) is 17.7 Å². The maximum Gasteiger partial charge on any atom is 0.330 e. The van der Waals surface area contributed by atoms with Crippen LogP contribution >= 0.6 is 0 Å². The molecule has 1 N–H and O–H groups in total. The lowest BCUT2D eigenvalue weighted by Gasteiger charge is -2.18. The van der Waals surface area contributed by atoms with E-state index in [1.807, 2.05) is 19.1 Å². The number of methoxy groups -OCH3 is 1. The van der Waals surface area contributed by atoms with Gasteiger partial charge >= 0.3 is 5.69 Å². The quantitative estimate of drug-likeness (QED) is 0.827. The van der Waals surface area contributed by atoms with Crippen LogP contribution in [0.4, 0.5) is 0 Å². The van der Waals surface area contributed by atoms with E-state index in [4.69, 9.17) is 4.74 Å². The minimum Gasteiger partial charge on any atom is -0.496 e. The molecule has 0 spiro atoms. The van der Waals surface area contributed by atoms with Gasteiger partial charge in [-0.05, 0) is 19.9 Å². The molecule has 2 aromatic rings. The van der Waals surface area contributed by atoms with E-state index in [9.17, 15) is 18.0 Å². The molecule has 1 aromatic heterocycles. The van der Waals surface area contributed by atoms with Crippen molar-refractivity contribution in [3.8, 4) is 5.75 Å². The molecule has 25 heavy (non-hydrogen) atoms. The normalized spacial score (nSPS) is 12.8. The van der Waals surface area contributed by atoms with Gasteiger partial charge in [0.15, 0.2) is 4.90 Å². The Morgan fingerprint density at radius 2 is 1.84 bits per heavy atom. The van der Waals surface area contributed by atoms with Crippen molar-refractivity contribution in [3.63, 3.8) is 0 Å². The minimum absolute atomic E-state index is 0.490. The molecule has 136 valence electrons. The van der Waals surface area contributed by atoms with Gasteiger partial charge in [-0.25, -0.2) is 17.9 Å². The molecule has 8 nitrogen and oxygen atoms in total. The summed E-state index contributed by atoms with van der Waals surface area (Å²) in [6.45, 7) is 3.54. The van der Waals surface area contributed by atoms with Crippen molar-refractivity contribution in [3.05, 3.63) is 56.4 Å². The third-order valence-corrected chi connectivity index (χ3v) is 5.41. The Labute approximate surface area is 145 Å². The maximum absolute atomic E-state index is 12.7. The number of aryl methyl sites for hydroxylation is 2. The molecule has 1 heterocycles. The minimum atomic E-state index is -4.14. The largest absolute Gasteiger partial charge is 0.496 e. The average Bonchev–Trinajstić information content (AvgIpc) is 2.55. The van der Waals surface area contributed by atoms with Gasteiger partial charge in [0.1, 0.15) is 5.75 Å². The van der Waals surface area contributed by atoms with Crippen LogP contribution in [0.1, 0.15) is 24.1 Å². The van der Waals surface area contributed by atoms with Crippen LogP contribution in [0.25, 0.3) is 0 Å². The fraction of sp³-hybridized carbons (Fsp3) is 0.375. The van der Waals surface area contributed by atoms with Crippen LogP contribution in [-0.2, 0) is 24.1 Å². The highest BCUT2D eigenvalue weighted by Gasteiger charge is 2.25. The van der Waals surface area contributed by atoms with Crippen molar-refractivity contribution in [1.82, 2.24) is 13.9 Å². The first-order chi connectivity index (χ1) is 11.6. The molecule has 1 aromatic carbocycles. The number of benzene rings is 1. The van der Waals surface area contributed by atoms with Crippen molar-refractivity contribution in [2.24, 2.45) is 14.1 Å². The fourth-order valence-corrected chi connectivity index (χ4v) is 3.89. The van der Waals surface area contributed by atoms with Crippen LogP contribution in [0.5, 0.6) is 5.75 Å². The van der Waals surface area contributed by atoms with Gasteiger partial charge in [0.2, 0.25) is 10.0 Å². The monoisotopic (exact) mass is 367 g/mol. The second-order valence-corrected chi connectivity index (χ2v) is 7.52. The van der Waals surface area contributed by atoms with E-state index in [1.54, 1.807) is 13.0 Å². The van der Waals surface area contributed by atoms with E-state index in [-0.39, 0.29) is 0 Å². The zero-order chi connectivity index (χ0) is 18.9. The first kappa shape index (κ1) is 18.9. The predicted octanol–water partition coefficient (Wildman–Crippen LogP) is 0.441. The number of hydrogen-bond donors (Lipinski definition) is 1. The van der Waals surface area contributed by atoms with Crippen molar-refractivity contribution in [2.75, 3.05) is 7.11 Å². The Morgan fingerprint density at radius 1 is 1.20 bits per heavy atom. The second kappa shape index (κ2) is 6.85. The van der Waals surface area contributed by atoms with E-state index in [0.29, 0.717) is 11.3 Å². The van der Waals surface area contributed by atoms with E-state index in [1.165, 1.54) is 21.2 Å². The van der Waals surface area contributed by atoms with Crippen LogP contribution < -0.4 is 20.7 Å². The molecule has 0 saturated heterocycles. The summed E-state index contributed by atoms with van der Waals surface area (Å²) in [6, 6.07) is 4.78. The first-order valence-corrected chi connectivity index (χ1v) is 9.00. The van der Waals surface area contributed by atoms with Crippen molar-refractivity contribution < 1.29 is 13.2 Å². The third kappa shape index (κ3) is 3.67. The van der Waals surface area contributed by atoms with Crippen LogP contribution in [-0.4, -0.2) is 24.7 Å². The predicted molar refractivity (Wildman–Crippen MR) is 93.4 cm³/mol. The first-order valence-electron chi connectivity index (χ1n) is 7.52. The van der Waals surface area contributed by atoms with E-state index < -0.39 is 32.2 Å². The summed E-state index contributed by atoms with van der Waals surface area (Å²) in [7, 11) is -0.0228. The average molecular weight is 367 g/mol. The molecule has 1 atom stereocenters. The van der Waals surface area contributed by atoms with Gasteiger partial charge in [-0.2, -0.15) is 0 Å². The van der Waals surface area contributed by atoms with Crippen molar-refractivity contribution >= 4 is 10.0 Å². The fourth-order valence-electron chi connectivity index (χ4n) is 2.51. The summed E-state index contributed by atoms with van der Waals surface area (Å²) in [6.07, 6.45) is 1.02. The highest BCUT2D eigenvalue weighted by atomic mass is 32.2. The topological polar surface area (TPSA) is 99.4 Å². The number of ether oxygens (including phenoxy) is 1. The number of hydrogen-bond acceptors (Lipinski definition) is 5. The van der Waals surface area contributed by atoms with Crippen molar-refractivity contribution in [2.45, 2.75) is 24.8 Å². The van der Waals surface area contributed by atoms with Gasteiger partial charge in [0.25, 0.3) is 5.56 Å². The Morgan fingerprint density at radius 3 is 2.44 bits per heavy atom. The smallest absolute Gasteiger partial charge is 0.330 e. The maximum atomic E-state index is 12.7. The Kier molecular flexibility index (Phi) is 5.19. The molecule has 0 aliphatic heterocycles. The summed E-state index contributed by atoms with van der Waals surface area (Å²) in [5.74, 6) is 0.536. The SMILES string of the molecule is COc1ccc(C)cc1C(C)NS(=O)(=O)c1cn(C)c(=O)n(C)c1=O. The van der Waals surface area contributed by atoms with Crippen LogP contribution in [0, 0.1) is 6.92 Å². The van der Waals surface area contributed by atoms with E-state index >= 15 is 0 Å². The third-order valence-electron chi connectivity index (χ3n) is 3.89. The summed E-state index contributed by atoms with van der Waals surface area (Å²) in [5.41, 5.74) is 0.115. The van der Waals surface area contributed by atoms with Crippen LogP contribution in [0.3, 0.4) is 0 Å². The number of aromatic nitrogens is 2. The highest BCUT2D eigenvalue weighted by Crippen LogP contribution is 2.27. The molecule has 0 fully saturated rings. The zero-order valence-corrected chi connectivity index (χ0v) is 15.5. The molecule has 2 rings (SSSR count). The lowest BCUT2D eigenvalue weighted by Crippen LogP contribution is -2.41. The molecule has 0 aliphatic rings. The molecule has 0 bridgehead atoms. The molecule has 0 radical (unpaired) electrons. The summed E-state index contributed by atoms with van der Waals surface area (Å²) < 4.78 is 34.9. The standard InChI is InChI=1S/C16H21N3O5S/c1-10-6-7-13(24-5)12(8-10)11(2)17-25(22,23)14-9-18(3)16(21)19(4)15(14)20/h6-9,11,17H,1-5H3. The molecule has 0 saturated carbocycles. The number of rotatable bonds is 5. The van der Waals surface area contributed by atoms with E-state index in [2.05, 4.69) is 4.72 Å². The lowest BCUT2D eigenvalue weighted by atomic mass is 10.1. The number of sulfonamides is 1. The lowest BCUT2D eigenvalue weighted by molar-refractivity contribution is 0.405. The Balaban J connectivity index is 2.48. The molecule has 9 heteroatoms. The number of nitrogens with zero attached hydrogens (tertiary/aromatic N) is 2. The van der Waals surface area contributed by atoms with Crippen LogP contribution in [0.2, 0.25) is 0 Å². The summed E-state index contributed by atoms with van der Waals surface area (Å²) in [4.78, 5) is 23.4.